The number of sulfonamides is 1. The summed E-state index contributed by atoms with van der Waals surface area (Å²) in [7, 11) is -3.35. The van der Waals surface area contributed by atoms with Crippen LogP contribution in [0.2, 0.25) is 0 Å². The molecule has 1 saturated carbocycles. The fourth-order valence-electron chi connectivity index (χ4n) is 5.44. The molecule has 14 heteroatoms. The minimum Gasteiger partial charge on any atom is -0.597 e. The molecule has 3 heterocycles. The third kappa shape index (κ3) is 7.80. The lowest BCUT2D eigenvalue weighted by atomic mass is 9.91. The minimum absolute atomic E-state index is 0.0444. The van der Waals surface area contributed by atoms with Crippen molar-refractivity contribution in [2.45, 2.75) is 94.9 Å². The highest BCUT2D eigenvalue weighted by Crippen LogP contribution is 2.33. The Morgan fingerprint density at radius 2 is 1.72 bits per heavy atom. The molecule has 210 valence electrons. The standard InChI is InChI=1S/C22H41F3N6O4S/c1-15-3-7-18(8-4-15)36(32,33)31-11-9-30(10-12-31)20-27-19(26-13-17-6-5-16(2)35-17)28-21(29-20)34-14-22(23,24)25/h15-21,26-29H,3-14H2,1-2H3. The van der Waals surface area contributed by atoms with E-state index in [0.29, 0.717) is 51.5 Å². The number of nitrogens with zero attached hydrogens (tertiary/aromatic N) is 2. The normalized spacial score (nSPS) is 39.2. The first-order valence-electron chi connectivity index (χ1n) is 13.1. The van der Waals surface area contributed by atoms with Crippen LogP contribution in [-0.4, -0.2) is 95.7 Å². The Morgan fingerprint density at radius 3 is 2.33 bits per heavy atom. The molecule has 0 radical (unpaired) electrons. The SMILES string of the molecule is CC1CCC([S+](=O)([O-])N2CCN(C3NC(NCC4CCC(C)O4)NC(OCC(F)(F)F)N3)CC2)CC1. The molecule has 6 atom stereocenters. The number of hydrogen-bond donors (Lipinski definition) is 4. The van der Waals surface area contributed by atoms with Gasteiger partial charge in [-0.05, 0) is 51.4 Å². The third-order valence-electron chi connectivity index (χ3n) is 7.62. The second kappa shape index (κ2) is 12.2. The van der Waals surface area contributed by atoms with E-state index in [1.54, 1.807) is 4.31 Å². The van der Waals surface area contributed by atoms with Crippen LogP contribution in [0.15, 0.2) is 0 Å². The van der Waals surface area contributed by atoms with Crippen LogP contribution in [0.25, 0.3) is 0 Å². The number of rotatable bonds is 8. The van der Waals surface area contributed by atoms with Crippen LogP contribution in [0, 0.1) is 5.92 Å². The summed E-state index contributed by atoms with van der Waals surface area (Å²) >= 11 is 0. The smallest absolute Gasteiger partial charge is 0.411 e. The Kier molecular flexibility index (Phi) is 9.67. The zero-order valence-corrected chi connectivity index (χ0v) is 21.9. The lowest BCUT2D eigenvalue weighted by molar-refractivity contribution is -0.202. The van der Waals surface area contributed by atoms with Crippen LogP contribution in [0.4, 0.5) is 13.2 Å². The maximum Gasteiger partial charge on any atom is 0.411 e. The molecule has 0 aromatic carbocycles. The number of nitrogens with one attached hydrogen (secondary N) is 4. The topological polar surface area (TPSA) is 113 Å². The average Bonchev–Trinajstić information content (AvgIpc) is 3.26. The van der Waals surface area contributed by atoms with E-state index >= 15 is 0 Å². The van der Waals surface area contributed by atoms with E-state index in [1.807, 2.05) is 11.8 Å². The van der Waals surface area contributed by atoms with Gasteiger partial charge >= 0.3 is 6.18 Å². The van der Waals surface area contributed by atoms with Crippen LogP contribution >= 0.6 is 0 Å². The molecular formula is C22H41F3N6O4S. The van der Waals surface area contributed by atoms with Crippen LogP contribution in [0.1, 0.15) is 52.4 Å². The molecule has 36 heavy (non-hydrogen) atoms. The summed E-state index contributed by atoms with van der Waals surface area (Å²) in [5.74, 6) is 0.572. The summed E-state index contributed by atoms with van der Waals surface area (Å²) in [6.07, 6.45) is -1.07. The fraction of sp³-hybridized carbons (Fsp3) is 1.00. The van der Waals surface area contributed by atoms with Gasteiger partial charge < -0.3 is 14.0 Å². The molecule has 1 aliphatic carbocycles. The summed E-state index contributed by atoms with van der Waals surface area (Å²) in [6, 6.07) is 0. The van der Waals surface area contributed by atoms with E-state index < -0.39 is 42.1 Å². The molecule has 3 saturated heterocycles. The summed E-state index contributed by atoms with van der Waals surface area (Å²) in [5, 5.41) is 12.3. The van der Waals surface area contributed by atoms with Crippen molar-refractivity contribution >= 4 is 10.4 Å². The predicted molar refractivity (Wildman–Crippen MR) is 128 cm³/mol. The molecule has 4 rings (SSSR count). The van der Waals surface area contributed by atoms with Crippen molar-refractivity contribution in [3.63, 3.8) is 0 Å². The number of piperazine rings is 1. The molecule has 0 amide bonds. The van der Waals surface area contributed by atoms with Gasteiger partial charge in [0.1, 0.15) is 34.8 Å². The van der Waals surface area contributed by atoms with Crippen molar-refractivity contribution in [2.75, 3.05) is 39.3 Å². The first kappa shape index (κ1) is 28.6. The molecule has 6 unspecified atom stereocenters. The summed E-state index contributed by atoms with van der Waals surface area (Å²) in [6.45, 7) is 4.95. The average molecular weight is 543 g/mol. The number of alkyl halides is 3. The van der Waals surface area contributed by atoms with E-state index in [4.69, 9.17) is 9.47 Å². The summed E-state index contributed by atoms with van der Waals surface area (Å²) in [4.78, 5) is 2.00. The van der Waals surface area contributed by atoms with Crippen LogP contribution in [0.5, 0.6) is 0 Å². The zero-order chi connectivity index (χ0) is 25.9. The van der Waals surface area contributed by atoms with Gasteiger partial charge in [0, 0.05) is 19.6 Å². The highest BCUT2D eigenvalue weighted by Gasteiger charge is 2.42. The third-order valence-corrected chi connectivity index (χ3v) is 10.0. The van der Waals surface area contributed by atoms with E-state index in [2.05, 4.69) is 28.2 Å². The molecule has 4 fully saturated rings. The first-order chi connectivity index (χ1) is 17.0. The molecule has 0 aromatic heterocycles. The van der Waals surface area contributed by atoms with E-state index in [9.17, 15) is 21.9 Å². The molecule has 4 N–H and O–H groups in total. The van der Waals surface area contributed by atoms with Crippen molar-refractivity contribution in [1.29, 1.82) is 0 Å². The maximum atomic E-state index is 13.2. The van der Waals surface area contributed by atoms with Gasteiger partial charge in [0.2, 0.25) is 0 Å². The minimum atomic E-state index is -4.45. The quantitative estimate of drug-likeness (QED) is 0.335. The highest BCUT2D eigenvalue weighted by molar-refractivity contribution is 7.96. The second-order valence-electron chi connectivity index (χ2n) is 10.6. The number of hydrogen-bond acceptors (Lipinski definition) is 9. The lowest BCUT2D eigenvalue weighted by Gasteiger charge is -2.46. The molecule has 0 aromatic rings. The van der Waals surface area contributed by atoms with Crippen LogP contribution in [-0.2, 0) is 24.1 Å². The van der Waals surface area contributed by atoms with Gasteiger partial charge in [-0.2, -0.15) is 13.2 Å². The molecule has 0 bridgehead atoms. The zero-order valence-electron chi connectivity index (χ0n) is 21.1. The van der Waals surface area contributed by atoms with Gasteiger partial charge in [0.05, 0.1) is 25.3 Å². The number of ether oxygens (including phenoxy) is 2. The molecule has 10 nitrogen and oxygen atoms in total. The highest BCUT2D eigenvalue weighted by atomic mass is 32.3. The molecule has 0 spiro atoms. The summed E-state index contributed by atoms with van der Waals surface area (Å²) < 4.78 is 77.1. The Balaban J connectivity index is 1.32. The van der Waals surface area contributed by atoms with Crippen molar-refractivity contribution in [2.24, 2.45) is 5.92 Å². The van der Waals surface area contributed by atoms with E-state index in [0.717, 1.165) is 25.7 Å². The second-order valence-corrected chi connectivity index (χ2v) is 12.8. The van der Waals surface area contributed by atoms with Crippen molar-refractivity contribution < 1.29 is 31.4 Å². The van der Waals surface area contributed by atoms with Crippen molar-refractivity contribution in [1.82, 2.24) is 30.5 Å². The van der Waals surface area contributed by atoms with E-state index in [1.165, 1.54) is 0 Å². The lowest BCUT2D eigenvalue weighted by Crippen LogP contribution is -2.76. The van der Waals surface area contributed by atoms with Gasteiger partial charge in [0.15, 0.2) is 6.35 Å². The van der Waals surface area contributed by atoms with Crippen LogP contribution in [0.3, 0.4) is 0 Å². The largest absolute Gasteiger partial charge is 0.597 e. The molecular weight excluding hydrogens is 501 g/mol. The van der Waals surface area contributed by atoms with Gasteiger partial charge in [0.25, 0.3) is 0 Å². The van der Waals surface area contributed by atoms with Gasteiger partial charge in [-0.25, -0.2) is 0 Å². The monoisotopic (exact) mass is 542 g/mol. The molecule has 3 aliphatic heterocycles. The van der Waals surface area contributed by atoms with Crippen LogP contribution < -0.4 is 21.3 Å². The van der Waals surface area contributed by atoms with Crippen molar-refractivity contribution in [3.8, 4) is 0 Å². The van der Waals surface area contributed by atoms with Gasteiger partial charge in [-0.15, -0.1) is 4.31 Å². The van der Waals surface area contributed by atoms with E-state index in [-0.39, 0.29) is 17.5 Å². The maximum absolute atomic E-state index is 13.2. The Labute approximate surface area is 212 Å². The van der Waals surface area contributed by atoms with Gasteiger partial charge in [-0.1, -0.05) is 11.1 Å². The predicted octanol–water partition coefficient (Wildman–Crippen LogP) is 1.10. The molecule has 4 aliphatic rings. The Hall–Kier alpha value is -0.420. The fourth-order valence-corrected chi connectivity index (χ4v) is 7.40. The van der Waals surface area contributed by atoms with Gasteiger partial charge in [-0.3, -0.25) is 26.2 Å². The number of halogens is 3. The Bertz CT molecular complexity index is 752. The van der Waals surface area contributed by atoms with Crippen molar-refractivity contribution in [3.05, 3.63) is 0 Å². The first-order valence-corrected chi connectivity index (χ1v) is 14.6. The summed E-state index contributed by atoms with van der Waals surface area (Å²) in [5.41, 5.74) is 0. The Morgan fingerprint density at radius 1 is 1.03 bits per heavy atom.